The summed E-state index contributed by atoms with van der Waals surface area (Å²) in [5, 5.41) is 10.7. The molecule has 0 fully saturated rings. The van der Waals surface area contributed by atoms with Crippen molar-refractivity contribution in [1.82, 2.24) is 4.98 Å². The number of aryl methyl sites for hydroxylation is 1. The summed E-state index contributed by atoms with van der Waals surface area (Å²) in [6, 6.07) is 17.8. The molecule has 1 unspecified atom stereocenters. The maximum absolute atomic E-state index is 13.9. The van der Waals surface area contributed by atoms with E-state index < -0.39 is 5.92 Å². The molecule has 0 bridgehead atoms. The van der Waals surface area contributed by atoms with E-state index in [1.54, 1.807) is 17.2 Å². The average Bonchev–Trinajstić information content (AvgIpc) is 2.89. The molecule has 0 saturated carbocycles. The van der Waals surface area contributed by atoms with Crippen LogP contribution in [0.5, 0.6) is 5.75 Å². The van der Waals surface area contributed by atoms with Crippen LogP contribution >= 0.6 is 27.5 Å². The second-order valence-corrected chi connectivity index (χ2v) is 12.4. The number of carbonyl (C=O) groups excluding carboxylic acids is 1. The lowest BCUT2D eigenvalue weighted by Gasteiger charge is -2.44. The van der Waals surface area contributed by atoms with Gasteiger partial charge in [0.05, 0.1) is 23.2 Å². The number of nitrogens with zero attached hydrogens (tertiary/aromatic N) is 3. The molecule has 5 rings (SSSR count). The number of carbonyl (C=O) groups is 1. The van der Waals surface area contributed by atoms with Crippen molar-refractivity contribution in [2.45, 2.75) is 53.1 Å². The van der Waals surface area contributed by atoms with Gasteiger partial charge in [0, 0.05) is 28.4 Å². The van der Waals surface area contributed by atoms with E-state index in [1.807, 2.05) is 44.2 Å². The molecule has 1 aliphatic heterocycles. The largest absolute Gasteiger partial charge is 0.489 e. The monoisotopic (exact) mass is 616 g/mol. The van der Waals surface area contributed by atoms with Crippen LogP contribution in [0.4, 0.5) is 5.69 Å². The first-order valence-electron chi connectivity index (χ1n) is 13.1. The lowest BCUT2D eigenvalue weighted by atomic mass is 9.68. The minimum Gasteiger partial charge on any atom is -0.489 e. The number of hydrogen-bond donors (Lipinski definition) is 1. The van der Waals surface area contributed by atoms with Gasteiger partial charge in [-0.25, -0.2) is 4.98 Å². The van der Waals surface area contributed by atoms with Crippen molar-refractivity contribution in [2.24, 2.45) is 11.1 Å². The first-order valence-corrected chi connectivity index (χ1v) is 14.2. The number of anilines is 1. The van der Waals surface area contributed by atoms with E-state index in [2.05, 4.69) is 53.0 Å². The Labute approximate surface area is 248 Å². The van der Waals surface area contributed by atoms with E-state index in [0.717, 1.165) is 38.2 Å². The molecule has 3 aromatic rings. The number of hydrogen-bond acceptors (Lipinski definition) is 6. The van der Waals surface area contributed by atoms with Crippen LogP contribution in [0.2, 0.25) is 5.15 Å². The molecule has 0 radical (unpaired) electrons. The van der Waals surface area contributed by atoms with Crippen molar-refractivity contribution < 1.29 is 9.53 Å². The molecule has 0 saturated heterocycles. The standard InChI is InChI=1S/C32H30BrClN4O2/c1-18-12-20(17-40-22-9-7-21(33)8-10-22)19(2)23(13-18)28-24(16-35)31(36)38(25-6-5-11-37-30(25)34)26-14-32(3,4)15-27(39)29(26)28/h5-13,28H,14-15,17,36H2,1-4H3. The van der Waals surface area contributed by atoms with Crippen LogP contribution in [-0.2, 0) is 11.4 Å². The average molecular weight is 618 g/mol. The number of benzene rings is 2. The van der Waals surface area contributed by atoms with E-state index >= 15 is 0 Å². The Morgan fingerprint density at radius 3 is 2.60 bits per heavy atom. The van der Waals surface area contributed by atoms with Gasteiger partial charge >= 0.3 is 0 Å². The van der Waals surface area contributed by atoms with Crippen LogP contribution in [0.1, 0.15) is 54.9 Å². The van der Waals surface area contributed by atoms with Gasteiger partial charge in [0.15, 0.2) is 10.9 Å². The van der Waals surface area contributed by atoms with Gasteiger partial charge < -0.3 is 10.5 Å². The van der Waals surface area contributed by atoms with Crippen LogP contribution < -0.4 is 15.4 Å². The molecular weight excluding hydrogens is 588 g/mol. The molecule has 2 N–H and O–H groups in total. The maximum atomic E-state index is 13.9. The fourth-order valence-corrected chi connectivity index (χ4v) is 6.21. The number of aromatic nitrogens is 1. The number of Topliss-reactive ketones (excluding diaryl/α,β-unsaturated/α-hetero) is 1. The molecule has 2 heterocycles. The summed E-state index contributed by atoms with van der Waals surface area (Å²) >= 11 is 9.98. The van der Waals surface area contributed by atoms with Crippen molar-refractivity contribution in [2.75, 3.05) is 4.90 Å². The number of allylic oxidation sites excluding steroid dienone is 3. The van der Waals surface area contributed by atoms with Crippen molar-refractivity contribution in [1.29, 1.82) is 5.26 Å². The Morgan fingerprint density at radius 1 is 1.20 bits per heavy atom. The van der Waals surface area contributed by atoms with E-state index in [4.69, 9.17) is 22.1 Å². The normalized spacial score (nSPS) is 18.5. The van der Waals surface area contributed by atoms with Gasteiger partial charge in [0.2, 0.25) is 0 Å². The molecule has 0 spiro atoms. The minimum absolute atomic E-state index is 0.00933. The van der Waals surface area contributed by atoms with E-state index in [0.29, 0.717) is 36.3 Å². The van der Waals surface area contributed by atoms with Gasteiger partial charge in [-0.1, -0.05) is 59.1 Å². The molecular formula is C32H30BrClN4O2. The molecule has 0 amide bonds. The first kappa shape index (κ1) is 27.9. The number of halogens is 2. The van der Waals surface area contributed by atoms with Crippen LogP contribution in [0.3, 0.4) is 0 Å². The highest BCUT2D eigenvalue weighted by molar-refractivity contribution is 9.10. The Kier molecular flexibility index (Phi) is 7.52. The lowest BCUT2D eigenvalue weighted by molar-refractivity contribution is -0.118. The van der Waals surface area contributed by atoms with Gasteiger partial charge in [0.1, 0.15) is 18.2 Å². The summed E-state index contributed by atoms with van der Waals surface area (Å²) in [5.41, 5.74) is 12.6. The fraction of sp³-hybridized carbons (Fsp3) is 0.281. The van der Waals surface area contributed by atoms with Crippen molar-refractivity contribution in [3.8, 4) is 11.8 Å². The van der Waals surface area contributed by atoms with Gasteiger partial charge in [0.25, 0.3) is 0 Å². The quantitative estimate of drug-likeness (QED) is 0.296. The summed E-state index contributed by atoms with van der Waals surface area (Å²) in [6.07, 6.45) is 2.57. The summed E-state index contributed by atoms with van der Waals surface area (Å²) in [5.74, 6) is 0.431. The van der Waals surface area contributed by atoms with Gasteiger partial charge in [-0.05, 0) is 78.8 Å². The molecule has 8 heteroatoms. The third kappa shape index (κ3) is 5.14. The number of pyridine rings is 1. The van der Waals surface area contributed by atoms with Crippen LogP contribution in [-0.4, -0.2) is 10.8 Å². The van der Waals surface area contributed by atoms with E-state index in [1.165, 1.54) is 0 Å². The van der Waals surface area contributed by atoms with E-state index in [9.17, 15) is 10.1 Å². The highest BCUT2D eigenvalue weighted by Gasteiger charge is 2.45. The van der Waals surface area contributed by atoms with E-state index in [-0.39, 0.29) is 22.2 Å². The van der Waals surface area contributed by atoms with Crippen molar-refractivity contribution in [3.05, 3.63) is 109 Å². The predicted octanol–water partition coefficient (Wildman–Crippen LogP) is 7.63. The third-order valence-corrected chi connectivity index (χ3v) is 8.40. The molecule has 6 nitrogen and oxygen atoms in total. The smallest absolute Gasteiger partial charge is 0.162 e. The van der Waals surface area contributed by atoms with Gasteiger partial charge in [-0.3, -0.25) is 9.69 Å². The van der Waals surface area contributed by atoms with Crippen LogP contribution in [0.15, 0.2) is 81.9 Å². The first-order chi connectivity index (χ1) is 19.0. The lowest BCUT2D eigenvalue weighted by Crippen LogP contribution is -2.42. The summed E-state index contributed by atoms with van der Waals surface area (Å²) in [6.45, 7) is 8.52. The molecule has 2 aliphatic rings. The molecule has 1 aromatic heterocycles. The Hall–Kier alpha value is -3.60. The molecule has 2 aromatic carbocycles. The zero-order chi connectivity index (χ0) is 28.8. The third-order valence-electron chi connectivity index (χ3n) is 7.58. The Balaban J connectivity index is 1.67. The summed E-state index contributed by atoms with van der Waals surface area (Å²) in [7, 11) is 0. The molecule has 1 atom stereocenters. The van der Waals surface area contributed by atoms with Crippen molar-refractivity contribution >= 4 is 39.0 Å². The topological polar surface area (TPSA) is 92.2 Å². The maximum Gasteiger partial charge on any atom is 0.162 e. The molecule has 1 aliphatic carbocycles. The van der Waals surface area contributed by atoms with Gasteiger partial charge in [-0.15, -0.1) is 0 Å². The second kappa shape index (κ2) is 10.8. The number of ketones is 1. The fourth-order valence-electron chi connectivity index (χ4n) is 5.74. The van der Waals surface area contributed by atoms with Crippen LogP contribution in [0, 0.1) is 30.6 Å². The second-order valence-electron chi connectivity index (χ2n) is 11.2. The molecule has 40 heavy (non-hydrogen) atoms. The molecule has 204 valence electrons. The predicted molar refractivity (Wildman–Crippen MR) is 161 cm³/mol. The van der Waals surface area contributed by atoms with Crippen molar-refractivity contribution in [3.63, 3.8) is 0 Å². The number of nitrogens with two attached hydrogens (primary N) is 1. The number of ether oxygens (including phenoxy) is 1. The highest BCUT2D eigenvalue weighted by Crippen LogP contribution is 2.51. The summed E-state index contributed by atoms with van der Waals surface area (Å²) in [4.78, 5) is 19.9. The van der Waals surface area contributed by atoms with Crippen LogP contribution in [0.25, 0.3) is 0 Å². The Bertz CT molecular complexity index is 1620. The summed E-state index contributed by atoms with van der Waals surface area (Å²) < 4.78 is 7.09. The Morgan fingerprint density at radius 2 is 1.93 bits per heavy atom. The van der Waals surface area contributed by atoms with Gasteiger partial charge in [-0.2, -0.15) is 5.26 Å². The minimum atomic E-state index is -0.596. The zero-order valence-corrected chi connectivity index (χ0v) is 25.2. The number of rotatable bonds is 5. The number of nitriles is 1. The SMILES string of the molecule is Cc1cc(COc2ccc(Br)cc2)c(C)c(C2C(C#N)=C(N)N(c3cccnc3Cl)C3=C2C(=O)CC(C)(C)C3)c1. The highest BCUT2D eigenvalue weighted by atomic mass is 79.9. The zero-order valence-electron chi connectivity index (χ0n) is 22.9.